The Labute approximate surface area is 102 Å². The van der Waals surface area contributed by atoms with Crippen LogP contribution in [0.15, 0.2) is 24.3 Å². The van der Waals surface area contributed by atoms with Gasteiger partial charge < -0.3 is 9.64 Å². The van der Waals surface area contributed by atoms with Crippen LogP contribution in [0.4, 0.5) is 4.79 Å². The normalized spacial score (nSPS) is 19.1. The van der Waals surface area contributed by atoms with E-state index in [-0.39, 0.29) is 12.1 Å². The number of carbonyl (C=O) groups is 1. The van der Waals surface area contributed by atoms with Crippen molar-refractivity contribution < 1.29 is 9.53 Å². The summed E-state index contributed by atoms with van der Waals surface area (Å²) < 4.78 is 5.35. The average molecular weight is 233 g/mol. The molecular formula is C13H17N2O2. The Kier molecular flexibility index (Phi) is 3.64. The summed E-state index contributed by atoms with van der Waals surface area (Å²) in [5, 5.41) is 4.51. The highest BCUT2D eigenvalue weighted by atomic mass is 16.6. The first-order valence-corrected chi connectivity index (χ1v) is 5.83. The van der Waals surface area contributed by atoms with E-state index in [2.05, 4.69) is 5.32 Å². The maximum absolute atomic E-state index is 11.6. The first kappa shape index (κ1) is 11.9. The first-order chi connectivity index (χ1) is 8.18. The van der Waals surface area contributed by atoms with E-state index in [0.717, 1.165) is 24.9 Å². The van der Waals surface area contributed by atoms with E-state index in [1.54, 1.807) is 14.1 Å². The van der Waals surface area contributed by atoms with Gasteiger partial charge in [-0.15, -0.1) is 0 Å². The molecule has 0 saturated carbocycles. The zero-order valence-electron chi connectivity index (χ0n) is 10.2. The summed E-state index contributed by atoms with van der Waals surface area (Å²) in [6.07, 6.45) is 1.80. The molecule has 2 rings (SSSR count). The maximum Gasteiger partial charge on any atom is 0.414 e. The van der Waals surface area contributed by atoms with E-state index in [1.165, 1.54) is 4.90 Å². The van der Waals surface area contributed by atoms with Gasteiger partial charge in [0.15, 0.2) is 0 Å². The average Bonchev–Trinajstić information content (AvgIpc) is 2.83. The third-order valence-electron chi connectivity index (χ3n) is 2.83. The van der Waals surface area contributed by atoms with Gasteiger partial charge in [0, 0.05) is 26.2 Å². The molecular weight excluding hydrogens is 216 g/mol. The van der Waals surface area contributed by atoms with Crippen molar-refractivity contribution in [3.8, 4) is 5.75 Å². The lowest BCUT2D eigenvalue weighted by Crippen LogP contribution is -2.26. The van der Waals surface area contributed by atoms with Crippen LogP contribution in [0.1, 0.15) is 24.4 Å². The van der Waals surface area contributed by atoms with Crippen LogP contribution in [0.25, 0.3) is 0 Å². The van der Waals surface area contributed by atoms with Crippen molar-refractivity contribution in [3.05, 3.63) is 29.8 Å². The summed E-state index contributed by atoms with van der Waals surface area (Å²) in [6.45, 7) is 0.903. The van der Waals surface area contributed by atoms with Crippen molar-refractivity contribution in [1.82, 2.24) is 10.2 Å². The van der Waals surface area contributed by atoms with Gasteiger partial charge in [-0.25, -0.2) is 10.1 Å². The molecule has 0 aliphatic carbocycles. The predicted molar refractivity (Wildman–Crippen MR) is 65.1 cm³/mol. The molecule has 0 bridgehead atoms. The molecule has 4 nitrogen and oxygen atoms in total. The minimum atomic E-state index is -0.351. The molecule has 1 fully saturated rings. The molecule has 1 aliphatic heterocycles. The second kappa shape index (κ2) is 5.19. The molecule has 91 valence electrons. The van der Waals surface area contributed by atoms with E-state index in [1.807, 2.05) is 24.3 Å². The number of benzene rings is 1. The van der Waals surface area contributed by atoms with E-state index in [9.17, 15) is 4.79 Å². The van der Waals surface area contributed by atoms with Crippen molar-refractivity contribution in [2.75, 3.05) is 20.6 Å². The summed E-state index contributed by atoms with van der Waals surface area (Å²) in [7, 11) is 3.34. The zero-order valence-corrected chi connectivity index (χ0v) is 10.2. The fourth-order valence-corrected chi connectivity index (χ4v) is 1.91. The molecule has 4 heteroatoms. The van der Waals surface area contributed by atoms with Crippen molar-refractivity contribution in [1.29, 1.82) is 0 Å². The molecule has 1 aliphatic rings. The molecule has 0 N–H and O–H groups in total. The van der Waals surface area contributed by atoms with E-state index < -0.39 is 0 Å². The summed E-state index contributed by atoms with van der Waals surface area (Å²) in [5.74, 6) is 0.627. The monoisotopic (exact) mass is 233 g/mol. The number of amides is 1. The Balaban J connectivity index is 2.18. The highest BCUT2D eigenvalue weighted by Crippen LogP contribution is 2.31. The van der Waals surface area contributed by atoms with Crippen LogP contribution in [-0.2, 0) is 0 Å². The van der Waals surface area contributed by atoms with Gasteiger partial charge >= 0.3 is 6.09 Å². The lowest BCUT2D eigenvalue weighted by molar-refractivity contribution is 0.171. The second-order valence-electron chi connectivity index (χ2n) is 4.36. The van der Waals surface area contributed by atoms with Gasteiger partial charge in [0.05, 0.1) is 6.04 Å². The van der Waals surface area contributed by atoms with Crippen LogP contribution in [0.3, 0.4) is 0 Å². The fraction of sp³-hybridized carbons (Fsp3) is 0.462. The number of hydrogen-bond donors (Lipinski definition) is 0. The van der Waals surface area contributed by atoms with Gasteiger partial charge in [-0.2, -0.15) is 0 Å². The molecule has 1 heterocycles. The van der Waals surface area contributed by atoms with Crippen LogP contribution in [0.2, 0.25) is 0 Å². The standard InChI is InChI=1S/C13H17N2O2/c1-15(2)13(16)17-12-8-4-3-6-10(12)11-7-5-9-14-11/h3-4,6,8,11H,5,7,9H2,1-2H3/t11-/m0/s1. The van der Waals surface area contributed by atoms with Gasteiger partial charge in [-0.3, -0.25) is 0 Å². The summed E-state index contributed by atoms with van der Waals surface area (Å²) in [6, 6.07) is 7.82. The van der Waals surface area contributed by atoms with Gasteiger partial charge in [0.1, 0.15) is 5.75 Å². The molecule has 1 aromatic carbocycles. The van der Waals surface area contributed by atoms with E-state index >= 15 is 0 Å². The second-order valence-corrected chi connectivity index (χ2v) is 4.36. The van der Waals surface area contributed by atoms with Crippen molar-refractivity contribution in [2.45, 2.75) is 18.9 Å². The van der Waals surface area contributed by atoms with Crippen LogP contribution in [0.5, 0.6) is 5.75 Å². The number of rotatable bonds is 2. The molecule has 1 atom stereocenters. The molecule has 0 unspecified atom stereocenters. The maximum atomic E-state index is 11.6. The number of ether oxygens (including phenoxy) is 1. The lowest BCUT2D eigenvalue weighted by atomic mass is 10.0. The third-order valence-corrected chi connectivity index (χ3v) is 2.83. The topological polar surface area (TPSA) is 43.6 Å². The molecule has 1 saturated heterocycles. The van der Waals surface area contributed by atoms with Crippen LogP contribution in [-0.4, -0.2) is 31.6 Å². The van der Waals surface area contributed by atoms with E-state index in [0.29, 0.717) is 5.75 Å². The van der Waals surface area contributed by atoms with Crippen LogP contribution < -0.4 is 10.1 Å². The molecule has 0 spiro atoms. The number of nitrogens with zero attached hydrogens (tertiary/aromatic N) is 2. The van der Waals surface area contributed by atoms with Gasteiger partial charge in [0.2, 0.25) is 0 Å². The molecule has 1 aromatic rings. The molecule has 1 radical (unpaired) electrons. The minimum Gasteiger partial charge on any atom is -0.410 e. The fourth-order valence-electron chi connectivity index (χ4n) is 1.91. The highest BCUT2D eigenvalue weighted by Gasteiger charge is 2.22. The van der Waals surface area contributed by atoms with Crippen LogP contribution >= 0.6 is 0 Å². The molecule has 0 aromatic heterocycles. The highest BCUT2D eigenvalue weighted by molar-refractivity contribution is 5.70. The number of carbonyl (C=O) groups excluding carboxylic acids is 1. The number of para-hydroxylation sites is 1. The Morgan fingerprint density at radius 2 is 2.18 bits per heavy atom. The zero-order chi connectivity index (χ0) is 12.3. The first-order valence-electron chi connectivity index (χ1n) is 5.83. The SMILES string of the molecule is CN(C)C(=O)Oc1ccccc1[C@@H]1CCC[N]1. The minimum absolute atomic E-state index is 0.182. The summed E-state index contributed by atoms with van der Waals surface area (Å²) in [5.41, 5.74) is 1.01. The Morgan fingerprint density at radius 3 is 2.82 bits per heavy atom. The van der Waals surface area contributed by atoms with E-state index in [4.69, 9.17) is 4.74 Å². The van der Waals surface area contributed by atoms with Crippen molar-refractivity contribution in [2.24, 2.45) is 0 Å². The van der Waals surface area contributed by atoms with Crippen molar-refractivity contribution in [3.63, 3.8) is 0 Å². The third kappa shape index (κ3) is 2.77. The quantitative estimate of drug-likeness (QED) is 0.785. The van der Waals surface area contributed by atoms with Crippen molar-refractivity contribution >= 4 is 6.09 Å². The predicted octanol–water partition coefficient (Wildman–Crippen LogP) is 2.19. The summed E-state index contributed by atoms with van der Waals surface area (Å²) in [4.78, 5) is 13.0. The Hall–Kier alpha value is -1.55. The number of hydrogen-bond acceptors (Lipinski definition) is 2. The Morgan fingerprint density at radius 1 is 1.41 bits per heavy atom. The lowest BCUT2D eigenvalue weighted by Gasteiger charge is -2.16. The Bertz CT molecular complexity index is 398. The molecule has 17 heavy (non-hydrogen) atoms. The smallest absolute Gasteiger partial charge is 0.410 e. The van der Waals surface area contributed by atoms with Crippen LogP contribution in [0, 0.1) is 0 Å². The largest absolute Gasteiger partial charge is 0.414 e. The van der Waals surface area contributed by atoms with Gasteiger partial charge in [0.25, 0.3) is 0 Å². The summed E-state index contributed by atoms with van der Waals surface area (Å²) >= 11 is 0. The molecule has 1 amide bonds. The van der Waals surface area contributed by atoms with Gasteiger partial charge in [-0.05, 0) is 18.9 Å². The van der Waals surface area contributed by atoms with Gasteiger partial charge in [-0.1, -0.05) is 18.2 Å².